The topological polar surface area (TPSA) is 78.5 Å². The number of nitrogens with one attached hydrogen (secondary N) is 1. The molecule has 0 aliphatic heterocycles. The molecule has 1 aromatic carbocycles. The summed E-state index contributed by atoms with van der Waals surface area (Å²) in [5, 5.41) is 12.6. The lowest BCUT2D eigenvalue weighted by Crippen LogP contribution is -1.84. The Labute approximate surface area is 123 Å². The van der Waals surface area contributed by atoms with Crippen LogP contribution in [0.2, 0.25) is 0 Å². The van der Waals surface area contributed by atoms with Gasteiger partial charge < -0.3 is 9.51 Å². The Hall–Kier alpha value is -2.59. The number of nitriles is 1. The van der Waals surface area contributed by atoms with Gasteiger partial charge in [-0.05, 0) is 30.3 Å². The van der Waals surface area contributed by atoms with E-state index in [1.165, 1.54) is 23.9 Å². The van der Waals surface area contributed by atoms with Gasteiger partial charge >= 0.3 is 0 Å². The first-order valence-electron chi connectivity index (χ1n) is 6.04. The van der Waals surface area contributed by atoms with Gasteiger partial charge in [0, 0.05) is 11.1 Å². The zero-order chi connectivity index (χ0) is 14.7. The van der Waals surface area contributed by atoms with Gasteiger partial charge in [0.25, 0.3) is 5.89 Å². The van der Waals surface area contributed by atoms with Crippen LogP contribution in [0.3, 0.4) is 0 Å². The first-order valence-corrected chi connectivity index (χ1v) is 7.03. The number of hydrogen-bond donors (Lipinski definition) is 1. The van der Waals surface area contributed by atoms with E-state index in [0.29, 0.717) is 28.7 Å². The fourth-order valence-corrected chi connectivity index (χ4v) is 2.43. The molecule has 0 saturated carbocycles. The summed E-state index contributed by atoms with van der Waals surface area (Å²) in [4.78, 5) is 7.98. The maximum atomic E-state index is 12.8. The molecule has 2 aromatic heterocycles. The first-order chi connectivity index (χ1) is 10.2. The van der Waals surface area contributed by atoms with E-state index < -0.39 is 0 Å². The third kappa shape index (κ3) is 3.12. The summed E-state index contributed by atoms with van der Waals surface area (Å²) in [7, 11) is 0. The van der Waals surface area contributed by atoms with Gasteiger partial charge in [-0.1, -0.05) is 5.16 Å². The molecule has 0 atom stereocenters. The molecule has 0 fully saturated rings. The SMILES string of the molecule is N#Cc1cc(-c2nc(CSc3ccc(F)cc3)no2)c[nH]1. The highest BCUT2D eigenvalue weighted by Gasteiger charge is 2.11. The number of rotatable bonds is 4. The Morgan fingerprint density at radius 3 is 2.86 bits per heavy atom. The van der Waals surface area contributed by atoms with Crippen LogP contribution < -0.4 is 0 Å². The molecule has 0 spiro atoms. The maximum absolute atomic E-state index is 12.8. The molecule has 0 aliphatic rings. The summed E-state index contributed by atoms with van der Waals surface area (Å²) in [5.41, 5.74) is 1.11. The Kier molecular flexibility index (Phi) is 3.71. The minimum atomic E-state index is -0.262. The van der Waals surface area contributed by atoms with Crippen molar-refractivity contribution in [1.82, 2.24) is 15.1 Å². The molecule has 2 heterocycles. The third-order valence-corrected chi connectivity index (χ3v) is 3.71. The standard InChI is InChI=1S/C14H9FN4OS/c15-10-1-3-12(4-2-10)21-8-13-18-14(20-19-13)9-5-11(6-16)17-7-9/h1-5,7,17H,8H2. The van der Waals surface area contributed by atoms with Crippen molar-refractivity contribution >= 4 is 11.8 Å². The molecule has 21 heavy (non-hydrogen) atoms. The van der Waals surface area contributed by atoms with Crippen LogP contribution in [0.4, 0.5) is 4.39 Å². The zero-order valence-electron chi connectivity index (χ0n) is 10.7. The average Bonchev–Trinajstić information content (AvgIpc) is 3.15. The van der Waals surface area contributed by atoms with Gasteiger partial charge in [-0.3, -0.25) is 0 Å². The van der Waals surface area contributed by atoms with E-state index in [1.807, 2.05) is 6.07 Å². The van der Waals surface area contributed by atoms with Crippen LogP contribution in [0.25, 0.3) is 11.5 Å². The Morgan fingerprint density at radius 2 is 2.14 bits per heavy atom. The van der Waals surface area contributed by atoms with E-state index in [-0.39, 0.29) is 5.82 Å². The number of benzene rings is 1. The van der Waals surface area contributed by atoms with Crippen LogP contribution >= 0.6 is 11.8 Å². The summed E-state index contributed by atoms with van der Waals surface area (Å²) in [6.07, 6.45) is 1.64. The second-order valence-corrected chi connectivity index (χ2v) is 5.22. The Bertz CT molecular complexity index is 788. The molecule has 0 saturated heterocycles. The summed E-state index contributed by atoms with van der Waals surface area (Å²) >= 11 is 1.49. The minimum absolute atomic E-state index is 0.262. The number of hydrogen-bond acceptors (Lipinski definition) is 5. The molecule has 0 amide bonds. The lowest BCUT2D eigenvalue weighted by molar-refractivity contribution is 0.425. The van der Waals surface area contributed by atoms with Crippen molar-refractivity contribution < 1.29 is 8.91 Å². The van der Waals surface area contributed by atoms with E-state index in [9.17, 15) is 4.39 Å². The number of aromatic nitrogens is 3. The largest absolute Gasteiger partial charge is 0.352 e. The van der Waals surface area contributed by atoms with Gasteiger partial charge in [0.1, 0.15) is 17.6 Å². The van der Waals surface area contributed by atoms with Gasteiger partial charge in [-0.2, -0.15) is 10.2 Å². The van der Waals surface area contributed by atoms with Crippen LogP contribution in [0.15, 0.2) is 45.9 Å². The second kappa shape index (κ2) is 5.81. The highest BCUT2D eigenvalue weighted by molar-refractivity contribution is 7.98. The molecule has 0 aliphatic carbocycles. The Balaban J connectivity index is 1.68. The number of H-pyrrole nitrogens is 1. The van der Waals surface area contributed by atoms with Gasteiger partial charge in [0.2, 0.25) is 0 Å². The second-order valence-electron chi connectivity index (χ2n) is 4.17. The molecule has 0 unspecified atom stereocenters. The van der Waals surface area contributed by atoms with Crippen molar-refractivity contribution in [2.45, 2.75) is 10.6 Å². The molecule has 0 radical (unpaired) electrons. The molecule has 0 bridgehead atoms. The molecule has 1 N–H and O–H groups in total. The summed E-state index contributed by atoms with van der Waals surface area (Å²) in [6.45, 7) is 0. The first kappa shape index (κ1) is 13.4. The van der Waals surface area contributed by atoms with Gasteiger partial charge in [-0.25, -0.2) is 4.39 Å². The average molecular weight is 300 g/mol. The van der Waals surface area contributed by atoms with E-state index in [2.05, 4.69) is 15.1 Å². The highest BCUT2D eigenvalue weighted by atomic mass is 32.2. The molecular weight excluding hydrogens is 291 g/mol. The molecule has 104 valence electrons. The quantitative estimate of drug-likeness (QED) is 0.747. The molecule has 7 heteroatoms. The monoisotopic (exact) mass is 300 g/mol. The lowest BCUT2D eigenvalue weighted by atomic mass is 10.3. The predicted octanol–water partition coefficient (Wildman–Crippen LogP) is 3.37. The van der Waals surface area contributed by atoms with Crippen molar-refractivity contribution in [1.29, 1.82) is 5.26 Å². The van der Waals surface area contributed by atoms with Crippen molar-refractivity contribution in [3.63, 3.8) is 0 Å². The lowest BCUT2D eigenvalue weighted by Gasteiger charge is -1.97. The van der Waals surface area contributed by atoms with E-state index in [1.54, 1.807) is 24.4 Å². The molecule has 5 nitrogen and oxygen atoms in total. The maximum Gasteiger partial charge on any atom is 0.259 e. The van der Waals surface area contributed by atoms with Crippen LogP contribution in [0.5, 0.6) is 0 Å². The van der Waals surface area contributed by atoms with Crippen molar-refractivity contribution in [3.8, 4) is 17.5 Å². The van der Waals surface area contributed by atoms with E-state index in [4.69, 9.17) is 9.78 Å². The normalized spacial score (nSPS) is 10.5. The van der Waals surface area contributed by atoms with Crippen LogP contribution in [0, 0.1) is 17.1 Å². The van der Waals surface area contributed by atoms with Crippen LogP contribution in [0.1, 0.15) is 11.5 Å². The predicted molar refractivity (Wildman–Crippen MR) is 74.8 cm³/mol. The summed E-state index contributed by atoms with van der Waals surface area (Å²) in [5.74, 6) is 1.16. The molecule has 3 rings (SSSR count). The van der Waals surface area contributed by atoms with E-state index in [0.717, 1.165) is 4.90 Å². The van der Waals surface area contributed by atoms with Gasteiger partial charge in [0.05, 0.1) is 11.3 Å². The fourth-order valence-electron chi connectivity index (χ4n) is 1.69. The van der Waals surface area contributed by atoms with Crippen molar-refractivity contribution in [2.75, 3.05) is 0 Å². The summed E-state index contributed by atoms with van der Waals surface area (Å²) in [6, 6.07) is 9.86. The minimum Gasteiger partial charge on any atom is -0.352 e. The van der Waals surface area contributed by atoms with Crippen LogP contribution in [-0.4, -0.2) is 15.1 Å². The van der Waals surface area contributed by atoms with E-state index >= 15 is 0 Å². The van der Waals surface area contributed by atoms with Gasteiger partial charge in [0.15, 0.2) is 5.82 Å². The smallest absolute Gasteiger partial charge is 0.259 e. The Morgan fingerprint density at radius 1 is 1.33 bits per heavy atom. The number of nitrogens with zero attached hydrogens (tertiary/aromatic N) is 3. The third-order valence-electron chi connectivity index (χ3n) is 2.70. The summed E-state index contributed by atoms with van der Waals surface area (Å²) < 4.78 is 17.9. The van der Waals surface area contributed by atoms with Crippen molar-refractivity contribution in [2.24, 2.45) is 0 Å². The molecular formula is C14H9FN4OS. The van der Waals surface area contributed by atoms with Gasteiger partial charge in [-0.15, -0.1) is 11.8 Å². The zero-order valence-corrected chi connectivity index (χ0v) is 11.5. The molecule has 3 aromatic rings. The fraction of sp³-hybridized carbons (Fsp3) is 0.0714. The van der Waals surface area contributed by atoms with Crippen molar-refractivity contribution in [3.05, 3.63) is 53.9 Å². The number of halogens is 1. The number of aromatic amines is 1. The number of thioether (sulfide) groups is 1. The highest BCUT2D eigenvalue weighted by Crippen LogP contribution is 2.24. The van der Waals surface area contributed by atoms with Crippen LogP contribution in [-0.2, 0) is 5.75 Å².